The summed E-state index contributed by atoms with van der Waals surface area (Å²) in [5, 5.41) is 15.3. The Balaban J connectivity index is 1.89. The molecule has 0 saturated heterocycles. The van der Waals surface area contributed by atoms with E-state index in [0.717, 1.165) is 5.69 Å². The van der Waals surface area contributed by atoms with Crippen LogP contribution in [0.3, 0.4) is 0 Å². The number of carbonyl (C=O) groups is 1. The number of aryl methyl sites for hydroxylation is 1. The third-order valence-electron chi connectivity index (χ3n) is 3.14. The molecule has 1 aromatic carbocycles. The van der Waals surface area contributed by atoms with Gasteiger partial charge in [-0.15, -0.1) is 0 Å². The highest BCUT2D eigenvalue weighted by atomic mass is 16.5. The third-order valence-corrected chi connectivity index (χ3v) is 3.14. The van der Waals surface area contributed by atoms with E-state index in [1.54, 1.807) is 18.2 Å². The lowest BCUT2D eigenvalue weighted by Gasteiger charge is -2.14. The summed E-state index contributed by atoms with van der Waals surface area (Å²) in [4.78, 5) is 11.8. The van der Waals surface area contributed by atoms with Crippen molar-refractivity contribution in [2.24, 2.45) is 7.05 Å². The van der Waals surface area contributed by atoms with Crippen molar-refractivity contribution in [1.29, 1.82) is 0 Å². The summed E-state index contributed by atoms with van der Waals surface area (Å²) in [6, 6.07) is 10.4. The lowest BCUT2D eigenvalue weighted by atomic mass is 10.2. The van der Waals surface area contributed by atoms with Gasteiger partial charge in [-0.1, -0.05) is 12.1 Å². The van der Waals surface area contributed by atoms with Gasteiger partial charge in [-0.2, -0.15) is 0 Å². The molecule has 1 heterocycles. The molecule has 0 fully saturated rings. The van der Waals surface area contributed by atoms with Crippen molar-refractivity contribution in [3.63, 3.8) is 0 Å². The van der Waals surface area contributed by atoms with Gasteiger partial charge >= 0.3 is 6.03 Å². The number of rotatable bonds is 5. The zero-order chi connectivity index (χ0) is 15.2. The predicted octanol–water partition coefficient (Wildman–Crippen LogP) is 1.89. The topological polar surface area (TPSA) is 75.5 Å². The Kier molecular flexibility index (Phi) is 4.84. The van der Waals surface area contributed by atoms with Crippen LogP contribution in [0.2, 0.25) is 0 Å². The number of aromatic nitrogens is 1. The smallest absolute Gasteiger partial charge is 0.319 e. The molecule has 1 atom stereocenters. The van der Waals surface area contributed by atoms with E-state index in [1.807, 2.05) is 36.0 Å². The van der Waals surface area contributed by atoms with Gasteiger partial charge in [0, 0.05) is 18.9 Å². The molecule has 0 spiro atoms. The second-order valence-electron chi connectivity index (χ2n) is 4.60. The largest absolute Gasteiger partial charge is 0.495 e. The number of carbonyl (C=O) groups excluding carboxylic acids is 1. The fraction of sp³-hybridized carbons (Fsp3) is 0.267. The number of urea groups is 1. The van der Waals surface area contributed by atoms with Gasteiger partial charge in [-0.25, -0.2) is 4.79 Å². The number of nitrogens with one attached hydrogen (secondary N) is 2. The molecule has 0 saturated carbocycles. The first kappa shape index (κ1) is 14.9. The second kappa shape index (κ2) is 6.81. The molecule has 6 heteroatoms. The lowest BCUT2D eigenvalue weighted by Crippen LogP contribution is -2.32. The molecule has 112 valence electrons. The fourth-order valence-corrected chi connectivity index (χ4v) is 2.03. The molecule has 2 aromatic rings. The lowest BCUT2D eigenvalue weighted by molar-refractivity contribution is 0.167. The maximum Gasteiger partial charge on any atom is 0.319 e. The standard InChI is InChI=1S/C15H19N3O3/c1-18-9-5-7-12(18)13(19)10-16-15(20)17-11-6-3-4-8-14(11)21-2/h3-9,13,19H,10H2,1-2H3,(H2,16,17,20)/t13-/m1/s1. The van der Waals surface area contributed by atoms with Crippen LogP contribution in [-0.4, -0.2) is 29.4 Å². The summed E-state index contributed by atoms with van der Waals surface area (Å²) in [5.74, 6) is 0.579. The Labute approximate surface area is 123 Å². The van der Waals surface area contributed by atoms with E-state index in [2.05, 4.69) is 10.6 Å². The number of para-hydroxylation sites is 2. The van der Waals surface area contributed by atoms with Crippen LogP contribution in [0.25, 0.3) is 0 Å². The van der Waals surface area contributed by atoms with Crippen molar-refractivity contribution < 1.29 is 14.6 Å². The van der Waals surface area contributed by atoms with Crippen molar-refractivity contribution in [2.45, 2.75) is 6.10 Å². The SMILES string of the molecule is COc1ccccc1NC(=O)NC[C@@H](O)c1cccn1C. The Morgan fingerprint density at radius 3 is 2.76 bits per heavy atom. The van der Waals surface area contributed by atoms with E-state index in [-0.39, 0.29) is 6.54 Å². The molecule has 2 rings (SSSR count). The molecular weight excluding hydrogens is 270 g/mol. The van der Waals surface area contributed by atoms with Gasteiger partial charge < -0.3 is 25.0 Å². The summed E-state index contributed by atoms with van der Waals surface area (Å²) in [5.41, 5.74) is 1.32. The van der Waals surface area contributed by atoms with E-state index in [4.69, 9.17) is 4.74 Å². The molecule has 0 aliphatic rings. The van der Waals surface area contributed by atoms with E-state index >= 15 is 0 Å². The van der Waals surface area contributed by atoms with Gasteiger partial charge in [-0.05, 0) is 24.3 Å². The van der Waals surface area contributed by atoms with Crippen molar-refractivity contribution in [3.8, 4) is 5.75 Å². The first-order chi connectivity index (χ1) is 10.1. The number of hydrogen-bond acceptors (Lipinski definition) is 3. The Morgan fingerprint density at radius 1 is 1.33 bits per heavy atom. The van der Waals surface area contributed by atoms with Crippen LogP contribution < -0.4 is 15.4 Å². The number of aliphatic hydroxyl groups is 1. The predicted molar refractivity (Wildman–Crippen MR) is 80.4 cm³/mol. The number of amides is 2. The minimum atomic E-state index is -0.756. The summed E-state index contributed by atoms with van der Waals surface area (Å²) in [6.45, 7) is 0.124. The van der Waals surface area contributed by atoms with Gasteiger partial charge in [0.2, 0.25) is 0 Å². The maximum absolute atomic E-state index is 11.8. The molecule has 6 nitrogen and oxygen atoms in total. The molecule has 21 heavy (non-hydrogen) atoms. The molecule has 1 aromatic heterocycles. The Bertz CT molecular complexity index is 610. The van der Waals surface area contributed by atoms with Crippen molar-refractivity contribution >= 4 is 11.7 Å². The molecule has 2 amide bonds. The van der Waals surface area contributed by atoms with Crippen LogP contribution in [0.15, 0.2) is 42.6 Å². The summed E-state index contributed by atoms with van der Waals surface area (Å²) >= 11 is 0. The highest BCUT2D eigenvalue weighted by Crippen LogP contribution is 2.22. The Hall–Kier alpha value is -2.47. The summed E-state index contributed by atoms with van der Waals surface area (Å²) in [7, 11) is 3.38. The number of anilines is 1. The summed E-state index contributed by atoms with van der Waals surface area (Å²) in [6.07, 6.45) is 1.08. The molecule has 3 N–H and O–H groups in total. The van der Waals surface area contributed by atoms with E-state index in [1.165, 1.54) is 7.11 Å². The van der Waals surface area contributed by atoms with Crippen LogP contribution in [0.5, 0.6) is 5.75 Å². The zero-order valence-electron chi connectivity index (χ0n) is 12.0. The fourth-order valence-electron chi connectivity index (χ4n) is 2.03. The molecule has 0 radical (unpaired) electrons. The molecule has 0 aliphatic heterocycles. The quantitative estimate of drug-likeness (QED) is 0.787. The average Bonchev–Trinajstić information content (AvgIpc) is 2.91. The molecule has 0 unspecified atom stereocenters. The molecule has 0 aliphatic carbocycles. The van der Waals surface area contributed by atoms with Gasteiger partial charge in [0.25, 0.3) is 0 Å². The summed E-state index contributed by atoms with van der Waals surface area (Å²) < 4.78 is 6.96. The van der Waals surface area contributed by atoms with Crippen LogP contribution in [0.4, 0.5) is 10.5 Å². The van der Waals surface area contributed by atoms with E-state index in [0.29, 0.717) is 11.4 Å². The number of ether oxygens (including phenoxy) is 1. The normalized spacial score (nSPS) is 11.8. The van der Waals surface area contributed by atoms with Crippen molar-refractivity contribution in [1.82, 2.24) is 9.88 Å². The van der Waals surface area contributed by atoms with Crippen LogP contribution in [0.1, 0.15) is 11.8 Å². The van der Waals surface area contributed by atoms with Crippen molar-refractivity contribution in [3.05, 3.63) is 48.3 Å². The van der Waals surface area contributed by atoms with Crippen molar-refractivity contribution in [2.75, 3.05) is 19.0 Å². The zero-order valence-corrected chi connectivity index (χ0v) is 12.0. The van der Waals surface area contributed by atoms with Gasteiger partial charge in [0.15, 0.2) is 0 Å². The Morgan fingerprint density at radius 2 is 2.10 bits per heavy atom. The van der Waals surface area contributed by atoms with Crippen LogP contribution in [0, 0.1) is 0 Å². The van der Waals surface area contributed by atoms with Gasteiger partial charge in [0.05, 0.1) is 19.3 Å². The first-order valence-corrected chi connectivity index (χ1v) is 6.59. The monoisotopic (exact) mass is 289 g/mol. The number of hydrogen-bond donors (Lipinski definition) is 3. The van der Waals surface area contributed by atoms with Crippen LogP contribution >= 0.6 is 0 Å². The average molecular weight is 289 g/mol. The van der Waals surface area contributed by atoms with Gasteiger partial charge in [0.1, 0.15) is 11.9 Å². The molecular formula is C15H19N3O3. The number of aliphatic hydroxyl groups excluding tert-OH is 1. The number of benzene rings is 1. The second-order valence-corrected chi connectivity index (χ2v) is 4.60. The molecule has 0 bridgehead atoms. The highest BCUT2D eigenvalue weighted by Gasteiger charge is 2.12. The van der Waals surface area contributed by atoms with Gasteiger partial charge in [-0.3, -0.25) is 0 Å². The third kappa shape index (κ3) is 3.76. The first-order valence-electron chi connectivity index (χ1n) is 6.59. The highest BCUT2D eigenvalue weighted by molar-refractivity contribution is 5.90. The van der Waals surface area contributed by atoms with E-state index < -0.39 is 12.1 Å². The minimum absolute atomic E-state index is 0.124. The van der Waals surface area contributed by atoms with E-state index in [9.17, 15) is 9.90 Å². The number of methoxy groups -OCH3 is 1. The maximum atomic E-state index is 11.8. The van der Waals surface area contributed by atoms with Crippen LogP contribution in [-0.2, 0) is 7.05 Å². The number of nitrogens with zero attached hydrogens (tertiary/aromatic N) is 1. The minimum Gasteiger partial charge on any atom is -0.495 e.